The predicted molar refractivity (Wildman–Crippen MR) is 65.7 cm³/mol. The zero-order valence-corrected chi connectivity index (χ0v) is 11.1. The van der Waals surface area contributed by atoms with Crippen LogP contribution in [0.5, 0.6) is 0 Å². The molecular weight excluding hydrogens is 260 g/mol. The molecule has 6 heteroatoms. The standard InChI is InChI=1S/C8H5F2N.C4H10O2S/c9-7-3-6(1-2-11)4-8(10)5-7;1-3-7(5,6)4-2/h3-5H,1H2;3-4H2,1-2H3. The molecule has 1 aromatic rings. The normalized spacial score (nSPS) is 10.2. The molecule has 0 amide bonds. The molecule has 0 fully saturated rings. The molecule has 1 aromatic carbocycles. The molecule has 0 unspecified atom stereocenters. The second-order valence-electron chi connectivity index (χ2n) is 3.43. The molecule has 18 heavy (non-hydrogen) atoms. The minimum atomic E-state index is -2.66. The molecule has 0 spiro atoms. The van der Waals surface area contributed by atoms with Crippen LogP contribution in [0.4, 0.5) is 8.78 Å². The molecule has 0 heterocycles. The molecule has 1 rings (SSSR count). The molecule has 0 saturated carbocycles. The molecule has 0 aromatic heterocycles. The van der Waals surface area contributed by atoms with Crippen molar-refractivity contribution in [3.63, 3.8) is 0 Å². The molecule has 3 nitrogen and oxygen atoms in total. The monoisotopic (exact) mass is 275 g/mol. The van der Waals surface area contributed by atoms with Crippen molar-refractivity contribution in [2.45, 2.75) is 20.3 Å². The Morgan fingerprint density at radius 3 is 1.83 bits per heavy atom. The summed E-state index contributed by atoms with van der Waals surface area (Å²) in [5, 5.41) is 8.21. The third-order valence-corrected chi connectivity index (χ3v) is 3.84. The Balaban J connectivity index is 0.000000360. The van der Waals surface area contributed by atoms with E-state index in [1.165, 1.54) is 0 Å². The number of hydrogen-bond donors (Lipinski definition) is 0. The summed E-state index contributed by atoms with van der Waals surface area (Å²) < 4.78 is 45.5. The maximum Gasteiger partial charge on any atom is 0.149 e. The maximum absolute atomic E-state index is 12.4. The number of benzene rings is 1. The number of hydrogen-bond acceptors (Lipinski definition) is 3. The molecule has 100 valence electrons. The van der Waals surface area contributed by atoms with Crippen LogP contribution in [-0.2, 0) is 16.3 Å². The van der Waals surface area contributed by atoms with Gasteiger partial charge in [-0.2, -0.15) is 5.26 Å². The second kappa shape index (κ2) is 7.77. The third-order valence-electron chi connectivity index (χ3n) is 2.09. The first-order valence-corrected chi connectivity index (χ1v) is 7.19. The van der Waals surface area contributed by atoms with E-state index < -0.39 is 21.5 Å². The van der Waals surface area contributed by atoms with Gasteiger partial charge in [0.1, 0.15) is 21.5 Å². The van der Waals surface area contributed by atoms with Crippen molar-refractivity contribution in [2.24, 2.45) is 0 Å². The summed E-state index contributed by atoms with van der Waals surface area (Å²) in [4.78, 5) is 0. The van der Waals surface area contributed by atoms with Crippen LogP contribution in [-0.4, -0.2) is 19.9 Å². The average Bonchev–Trinajstić information content (AvgIpc) is 2.29. The highest BCUT2D eigenvalue weighted by Crippen LogP contribution is 2.07. The summed E-state index contributed by atoms with van der Waals surface area (Å²) in [5.74, 6) is -0.752. The zero-order chi connectivity index (χ0) is 14.2. The van der Waals surface area contributed by atoms with Crippen LogP contribution < -0.4 is 0 Å². The minimum absolute atomic E-state index is 0.0364. The molecular formula is C12H15F2NO2S. The smallest absolute Gasteiger partial charge is 0.149 e. The van der Waals surface area contributed by atoms with Crippen LogP contribution in [0.15, 0.2) is 18.2 Å². The topological polar surface area (TPSA) is 57.9 Å². The molecule has 0 radical (unpaired) electrons. The van der Waals surface area contributed by atoms with Gasteiger partial charge in [0.25, 0.3) is 0 Å². The summed E-state index contributed by atoms with van der Waals surface area (Å²) in [6, 6.07) is 4.87. The Bertz CT molecular complexity index is 491. The van der Waals surface area contributed by atoms with Crippen molar-refractivity contribution in [3.05, 3.63) is 35.4 Å². The number of rotatable bonds is 3. The van der Waals surface area contributed by atoms with Gasteiger partial charge in [-0.05, 0) is 17.7 Å². The van der Waals surface area contributed by atoms with Gasteiger partial charge < -0.3 is 0 Å². The summed E-state index contributed by atoms with van der Waals surface area (Å²) in [5.41, 5.74) is 0.366. The van der Waals surface area contributed by atoms with Crippen LogP contribution >= 0.6 is 0 Å². The van der Waals surface area contributed by atoms with Gasteiger partial charge >= 0.3 is 0 Å². The highest BCUT2D eigenvalue weighted by Gasteiger charge is 1.99. The fraction of sp³-hybridized carbons (Fsp3) is 0.417. The van der Waals surface area contributed by atoms with Gasteiger partial charge in [0.2, 0.25) is 0 Å². The van der Waals surface area contributed by atoms with Gasteiger partial charge in [-0.25, -0.2) is 17.2 Å². The fourth-order valence-electron chi connectivity index (χ4n) is 1.01. The summed E-state index contributed by atoms with van der Waals surface area (Å²) in [7, 11) is -2.66. The van der Waals surface area contributed by atoms with Crippen molar-refractivity contribution >= 4 is 9.84 Å². The lowest BCUT2D eigenvalue weighted by molar-refractivity contribution is 0.580. The molecule has 0 aliphatic rings. The molecule has 0 saturated heterocycles. The average molecular weight is 275 g/mol. The van der Waals surface area contributed by atoms with E-state index in [2.05, 4.69) is 0 Å². The molecule has 0 bridgehead atoms. The molecule has 0 aliphatic carbocycles. The highest BCUT2D eigenvalue weighted by atomic mass is 32.2. The second-order valence-corrected chi connectivity index (χ2v) is 6.08. The third kappa shape index (κ3) is 6.97. The summed E-state index contributed by atoms with van der Waals surface area (Å²) in [6.45, 7) is 3.30. The summed E-state index contributed by atoms with van der Waals surface area (Å²) in [6.07, 6.45) is 0.0364. The van der Waals surface area contributed by atoms with Crippen molar-refractivity contribution in [1.29, 1.82) is 5.26 Å². The van der Waals surface area contributed by atoms with Crippen LogP contribution in [0.25, 0.3) is 0 Å². The number of halogens is 2. The number of nitriles is 1. The number of sulfone groups is 1. The van der Waals surface area contributed by atoms with E-state index in [4.69, 9.17) is 5.26 Å². The lowest BCUT2D eigenvalue weighted by Crippen LogP contribution is -2.04. The lowest BCUT2D eigenvalue weighted by Gasteiger charge is -1.94. The fourth-order valence-corrected chi connectivity index (χ4v) is 1.42. The van der Waals surface area contributed by atoms with Crippen molar-refractivity contribution in [1.82, 2.24) is 0 Å². The Hall–Kier alpha value is -1.48. The van der Waals surface area contributed by atoms with Gasteiger partial charge in [-0.3, -0.25) is 0 Å². The Kier molecular flexibility index (Phi) is 7.13. The Labute approximate surface area is 106 Å². The van der Waals surface area contributed by atoms with Gasteiger partial charge in [0.05, 0.1) is 12.5 Å². The van der Waals surface area contributed by atoms with E-state index in [-0.39, 0.29) is 17.9 Å². The van der Waals surface area contributed by atoms with Crippen molar-refractivity contribution in [2.75, 3.05) is 11.5 Å². The van der Waals surface area contributed by atoms with E-state index in [0.717, 1.165) is 18.2 Å². The first-order valence-electron chi connectivity index (χ1n) is 5.37. The van der Waals surface area contributed by atoms with Gasteiger partial charge in [0.15, 0.2) is 0 Å². The molecule has 0 N–H and O–H groups in total. The SMILES string of the molecule is CCS(=O)(=O)CC.N#CCc1cc(F)cc(F)c1. The van der Waals surface area contributed by atoms with E-state index >= 15 is 0 Å². The highest BCUT2D eigenvalue weighted by molar-refractivity contribution is 7.91. The van der Waals surface area contributed by atoms with E-state index in [1.54, 1.807) is 19.9 Å². The van der Waals surface area contributed by atoms with Crippen LogP contribution in [0, 0.1) is 23.0 Å². The Morgan fingerprint density at radius 2 is 1.56 bits per heavy atom. The van der Waals surface area contributed by atoms with Gasteiger partial charge in [-0.1, -0.05) is 13.8 Å². The molecule has 0 aliphatic heterocycles. The van der Waals surface area contributed by atoms with Crippen molar-refractivity contribution < 1.29 is 17.2 Å². The first-order chi connectivity index (χ1) is 8.34. The first kappa shape index (κ1) is 16.5. The van der Waals surface area contributed by atoms with Crippen molar-refractivity contribution in [3.8, 4) is 6.07 Å². The predicted octanol–water partition coefficient (Wildman–Crippen LogP) is 2.47. The van der Waals surface area contributed by atoms with Gasteiger partial charge in [-0.15, -0.1) is 0 Å². The van der Waals surface area contributed by atoms with Crippen LogP contribution in [0.1, 0.15) is 19.4 Å². The molecule has 0 atom stereocenters. The minimum Gasteiger partial charge on any atom is -0.229 e. The maximum atomic E-state index is 12.4. The lowest BCUT2D eigenvalue weighted by atomic mass is 10.1. The van der Waals surface area contributed by atoms with E-state index in [1.807, 2.05) is 0 Å². The number of nitrogens with zero attached hydrogens (tertiary/aromatic N) is 1. The zero-order valence-electron chi connectivity index (χ0n) is 10.3. The Morgan fingerprint density at radius 1 is 1.11 bits per heavy atom. The van der Waals surface area contributed by atoms with E-state index in [0.29, 0.717) is 5.56 Å². The van der Waals surface area contributed by atoms with Crippen LogP contribution in [0.3, 0.4) is 0 Å². The van der Waals surface area contributed by atoms with E-state index in [9.17, 15) is 17.2 Å². The quantitative estimate of drug-likeness (QED) is 0.851. The van der Waals surface area contributed by atoms with Crippen LogP contribution in [0.2, 0.25) is 0 Å². The largest absolute Gasteiger partial charge is 0.229 e. The van der Waals surface area contributed by atoms with Gasteiger partial charge in [0, 0.05) is 17.6 Å². The summed E-state index contributed by atoms with van der Waals surface area (Å²) >= 11 is 0.